The molecule has 2 heterocycles. The third-order valence-corrected chi connectivity index (χ3v) is 6.17. The van der Waals surface area contributed by atoms with Gasteiger partial charge in [0.15, 0.2) is 6.17 Å². The molecule has 7 heteroatoms. The minimum Gasteiger partial charge on any atom is -0.336 e. The average molecular weight is 429 g/mol. The van der Waals surface area contributed by atoms with Gasteiger partial charge in [-0.25, -0.2) is 4.39 Å². The number of rotatable bonds is 4. The van der Waals surface area contributed by atoms with Gasteiger partial charge in [0.1, 0.15) is 0 Å². The third kappa shape index (κ3) is 4.10. The quantitative estimate of drug-likeness (QED) is 0.749. The number of hydrogen-bond donors (Lipinski definition) is 1. The number of carbonyl (C=O) groups excluding carboxylic acids is 3. The van der Waals surface area contributed by atoms with Gasteiger partial charge in [0.05, 0.1) is 10.9 Å². The van der Waals surface area contributed by atoms with Gasteiger partial charge in [-0.1, -0.05) is 54.1 Å². The fourth-order valence-corrected chi connectivity index (χ4v) is 4.46. The lowest BCUT2D eigenvalue weighted by atomic mass is 9.88. The second kappa shape index (κ2) is 8.56. The van der Waals surface area contributed by atoms with Crippen LogP contribution in [0.3, 0.4) is 0 Å². The van der Waals surface area contributed by atoms with Crippen LogP contribution in [0.1, 0.15) is 42.7 Å². The summed E-state index contributed by atoms with van der Waals surface area (Å²) in [6.07, 6.45) is 0.309. The normalized spacial score (nSPS) is 22.2. The second-order valence-corrected chi connectivity index (χ2v) is 8.16. The second-order valence-electron chi connectivity index (χ2n) is 7.78. The van der Waals surface area contributed by atoms with Gasteiger partial charge in [-0.05, 0) is 36.0 Å². The van der Waals surface area contributed by atoms with Crippen LogP contribution < -0.4 is 5.32 Å². The molecule has 5 nitrogen and oxygen atoms in total. The average Bonchev–Trinajstić information content (AvgIpc) is 2.73. The Labute approximate surface area is 179 Å². The Morgan fingerprint density at radius 1 is 1.07 bits per heavy atom. The first kappa shape index (κ1) is 20.5. The van der Waals surface area contributed by atoms with Crippen molar-refractivity contribution in [2.75, 3.05) is 6.54 Å². The molecule has 0 spiro atoms. The molecule has 0 saturated carbocycles. The van der Waals surface area contributed by atoms with E-state index in [4.69, 9.17) is 11.6 Å². The number of amides is 3. The molecule has 30 heavy (non-hydrogen) atoms. The highest BCUT2D eigenvalue weighted by molar-refractivity contribution is 6.34. The Morgan fingerprint density at radius 2 is 1.83 bits per heavy atom. The molecule has 1 N–H and O–H groups in total. The van der Waals surface area contributed by atoms with Gasteiger partial charge in [-0.2, -0.15) is 0 Å². The smallest absolute Gasteiger partial charge is 0.257 e. The van der Waals surface area contributed by atoms with Gasteiger partial charge < -0.3 is 4.90 Å². The van der Waals surface area contributed by atoms with Crippen molar-refractivity contribution in [3.63, 3.8) is 0 Å². The van der Waals surface area contributed by atoms with E-state index >= 15 is 0 Å². The summed E-state index contributed by atoms with van der Waals surface area (Å²) in [6, 6.07) is 13.2. The summed E-state index contributed by atoms with van der Waals surface area (Å²) in [5.41, 5.74) is 3.30. The van der Waals surface area contributed by atoms with E-state index in [-0.39, 0.29) is 11.8 Å². The van der Waals surface area contributed by atoms with E-state index < -0.39 is 18.0 Å². The molecule has 2 unspecified atom stereocenters. The Kier molecular flexibility index (Phi) is 5.86. The van der Waals surface area contributed by atoms with Gasteiger partial charge in [0.2, 0.25) is 11.8 Å². The SMILES string of the molecule is O=C1CCC(c2cccc(-c3ccc(CN4CCCC(F)C4=O)cc3)c2Cl)C(=O)N1. The Balaban J connectivity index is 1.54. The third-order valence-electron chi connectivity index (χ3n) is 5.75. The highest BCUT2D eigenvalue weighted by Crippen LogP contribution is 2.37. The van der Waals surface area contributed by atoms with Crippen LogP contribution in [0.5, 0.6) is 0 Å². The topological polar surface area (TPSA) is 66.5 Å². The van der Waals surface area contributed by atoms with Crippen LogP contribution >= 0.6 is 11.6 Å². The molecule has 2 atom stereocenters. The summed E-state index contributed by atoms with van der Waals surface area (Å²) in [5, 5.41) is 2.86. The molecule has 2 aromatic carbocycles. The highest BCUT2D eigenvalue weighted by Gasteiger charge is 2.30. The maximum Gasteiger partial charge on any atom is 0.257 e. The van der Waals surface area contributed by atoms with Crippen molar-refractivity contribution < 1.29 is 18.8 Å². The zero-order valence-corrected chi connectivity index (χ0v) is 17.1. The van der Waals surface area contributed by atoms with Gasteiger partial charge in [-0.3, -0.25) is 19.7 Å². The van der Waals surface area contributed by atoms with Crippen LogP contribution in [0.15, 0.2) is 42.5 Å². The fourth-order valence-electron chi connectivity index (χ4n) is 4.09. The van der Waals surface area contributed by atoms with Crippen molar-refractivity contribution in [1.82, 2.24) is 10.2 Å². The number of alkyl halides is 1. The zero-order chi connectivity index (χ0) is 21.3. The summed E-state index contributed by atoms with van der Waals surface area (Å²) in [6.45, 7) is 0.949. The fraction of sp³-hybridized carbons (Fsp3) is 0.348. The van der Waals surface area contributed by atoms with Gasteiger partial charge in [-0.15, -0.1) is 0 Å². The number of piperidine rings is 2. The van der Waals surface area contributed by atoms with Crippen molar-refractivity contribution in [1.29, 1.82) is 0 Å². The van der Waals surface area contributed by atoms with Crippen molar-refractivity contribution >= 4 is 29.3 Å². The van der Waals surface area contributed by atoms with E-state index in [1.54, 1.807) is 4.90 Å². The first-order valence-electron chi connectivity index (χ1n) is 10.1. The standard InChI is InChI=1S/C23H22ClFN2O3/c24-21-16(3-1-4-17(21)18-10-11-20(28)26-22(18)29)15-8-6-14(7-9-15)13-27-12-2-5-19(25)23(27)30/h1,3-4,6-9,18-19H,2,5,10-13H2,(H,26,28,29). The van der Waals surface area contributed by atoms with Gasteiger partial charge in [0.25, 0.3) is 5.91 Å². The van der Waals surface area contributed by atoms with Crippen molar-refractivity contribution in [3.8, 4) is 11.1 Å². The number of imide groups is 1. The summed E-state index contributed by atoms with van der Waals surface area (Å²) in [4.78, 5) is 37.2. The Bertz CT molecular complexity index is 992. The molecule has 0 radical (unpaired) electrons. The molecule has 0 bridgehead atoms. The van der Waals surface area contributed by atoms with Gasteiger partial charge in [0, 0.05) is 25.1 Å². The molecule has 4 rings (SSSR count). The summed E-state index contributed by atoms with van der Waals surface area (Å²) < 4.78 is 13.6. The van der Waals surface area contributed by atoms with Crippen LogP contribution in [0.2, 0.25) is 5.02 Å². The van der Waals surface area contributed by atoms with Crippen LogP contribution in [0.25, 0.3) is 11.1 Å². The maximum atomic E-state index is 13.6. The summed E-state index contributed by atoms with van der Waals surface area (Å²) in [5.74, 6) is -1.47. The van der Waals surface area contributed by atoms with E-state index in [1.807, 2.05) is 42.5 Å². The molecule has 156 valence electrons. The first-order valence-corrected chi connectivity index (χ1v) is 10.5. The lowest BCUT2D eigenvalue weighted by Gasteiger charge is -2.28. The monoisotopic (exact) mass is 428 g/mol. The maximum absolute atomic E-state index is 13.6. The number of halogens is 2. The predicted molar refractivity (Wildman–Crippen MR) is 112 cm³/mol. The van der Waals surface area contributed by atoms with Crippen LogP contribution in [-0.4, -0.2) is 35.3 Å². The molecule has 2 saturated heterocycles. The van der Waals surface area contributed by atoms with Crippen molar-refractivity contribution in [2.24, 2.45) is 0 Å². The molecule has 0 aliphatic carbocycles. The first-order chi connectivity index (χ1) is 14.4. The van der Waals surface area contributed by atoms with E-state index in [9.17, 15) is 18.8 Å². The van der Waals surface area contributed by atoms with Crippen molar-refractivity contribution in [2.45, 2.75) is 44.3 Å². The van der Waals surface area contributed by atoms with Crippen LogP contribution in [-0.2, 0) is 20.9 Å². The Hall–Kier alpha value is -2.73. The van der Waals surface area contributed by atoms with Crippen LogP contribution in [0.4, 0.5) is 4.39 Å². The largest absolute Gasteiger partial charge is 0.336 e. The number of hydrogen-bond acceptors (Lipinski definition) is 3. The highest BCUT2D eigenvalue weighted by atomic mass is 35.5. The van der Waals surface area contributed by atoms with Crippen molar-refractivity contribution in [3.05, 3.63) is 58.6 Å². The summed E-state index contributed by atoms with van der Waals surface area (Å²) in [7, 11) is 0. The number of benzene rings is 2. The summed E-state index contributed by atoms with van der Waals surface area (Å²) >= 11 is 6.65. The molecule has 3 amide bonds. The number of nitrogens with zero attached hydrogens (tertiary/aromatic N) is 1. The molecule has 2 fully saturated rings. The molecular formula is C23H22ClFN2O3. The number of carbonyl (C=O) groups is 3. The van der Waals surface area contributed by atoms with Gasteiger partial charge >= 0.3 is 0 Å². The van der Waals surface area contributed by atoms with E-state index in [2.05, 4.69) is 5.32 Å². The van der Waals surface area contributed by atoms with Crippen LogP contribution in [0, 0.1) is 0 Å². The van der Waals surface area contributed by atoms with E-state index in [1.165, 1.54) is 0 Å². The number of nitrogens with one attached hydrogen (secondary N) is 1. The lowest BCUT2D eigenvalue weighted by molar-refractivity contribution is -0.140. The Morgan fingerprint density at radius 3 is 2.57 bits per heavy atom. The molecule has 2 aliphatic heterocycles. The zero-order valence-electron chi connectivity index (χ0n) is 16.4. The molecular weight excluding hydrogens is 407 g/mol. The van der Waals surface area contributed by atoms with E-state index in [0.717, 1.165) is 16.7 Å². The molecule has 2 aliphatic rings. The minimum atomic E-state index is -1.40. The minimum absolute atomic E-state index is 0.259. The lowest BCUT2D eigenvalue weighted by Crippen LogP contribution is -2.41. The molecule has 0 aromatic heterocycles. The van der Waals surface area contributed by atoms with E-state index in [0.29, 0.717) is 49.4 Å². The predicted octanol–water partition coefficient (Wildman–Crippen LogP) is 3.99. The number of likely N-dealkylation sites (tertiary alicyclic amines) is 1. The molecule has 2 aromatic rings.